The van der Waals surface area contributed by atoms with E-state index in [-0.39, 0.29) is 0 Å². The zero-order valence-corrected chi connectivity index (χ0v) is 10.9. The van der Waals surface area contributed by atoms with E-state index in [1.165, 1.54) is 5.56 Å². The molecule has 3 nitrogen and oxygen atoms in total. The molecule has 2 heterocycles. The predicted molar refractivity (Wildman–Crippen MR) is 76.3 cm³/mol. The highest BCUT2D eigenvalue weighted by Gasteiger charge is 2.10. The van der Waals surface area contributed by atoms with Crippen molar-refractivity contribution in [3.63, 3.8) is 0 Å². The van der Waals surface area contributed by atoms with Crippen LogP contribution in [-0.4, -0.2) is 17.1 Å². The molecule has 2 aromatic heterocycles. The smallest absolute Gasteiger partial charge is 0.145 e. The van der Waals surface area contributed by atoms with Crippen LogP contribution in [0.15, 0.2) is 48.9 Å². The van der Waals surface area contributed by atoms with Crippen LogP contribution in [0, 0.1) is 6.92 Å². The van der Waals surface area contributed by atoms with Gasteiger partial charge in [0.05, 0.1) is 7.11 Å². The van der Waals surface area contributed by atoms with Gasteiger partial charge in [-0.15, -0.1) is 0 Å². The maximum atomic E-state index is 5.37. The fraction of sp³-hybridized carbons (Fsp3) is 0.125. The lowest BCUT2D eigenvalue weighted by Gasteiger charge is -2.11. The molecule has 0 amide bonds. The van der Waals surface area contributed by atoms with E-state index in [1.807, 2.05) is 30.6 Å². The van der Waals surface area contributed by atoms with E-state index in [0.29, 0.717) is 0 Å². The Labute approximate surface area is 111 Å². The van der Waals surface area contributed by atoms with Crippen molar-refractivity contribution < 1.29 is 4.74 Å². The van der Waals surface area contributed by atoms with Crippen molar-refractivity contribution in [2.75, 3.05) is 7.11 Å². The Morgan fingerprint density at radius 2 is 1.89 bits per heavy atom. The molecule has 0 saturated carbocycles. The first-order valence-corrected chi connectivity index (χ1v) is 6.14. The number of benzene rings is 1. The van der Waals surface area contributed by atoms with Gasteiger partial charge < -0.3 is 4.74 Å². The van der Waals surface area contributed by atoms with Gasteiger partial charge in [-0.25, -0.2) is 0 Å². The van der Waals surface area contributed by atoms with E-state index in [4.69, 9.17) is 4.74 Å². The molecule has 0 N–H and O–H groups in total. The second-order valence-electron chi connectivity index (χ2n) is 4.41. The number of aromatic nitrogens is 2. The molecule has 1 aromatic carbocycles. The number of nitrogens with zero attached hydrogens (tertiary/aromatic N) is 2. The molecule has 0 atom stereocenters. The first kappa shape index (κ1) is 11.7. The van der Waals surface area contributed by atoms with Gasteiger partial charge in [-0.05, 0) is 47.9 Å². The van der Waals surface area contributed by atoms with Crippen LogP contribution < -0.4 is 4.74 Å². The fourth-order valence-electron chi connectivity index (χ4n) is 2.32. The lowest BCUT2D eigenvalue weighted by molar-refractivity contribution is 0.419. The molecule has 19 heavy (non-hydrogen) atoms. The fourth-order valence-corrected chi connectivity index (χ4v) is 2.32. The number of aryl methyl sites for hydroxylation is 1. The Morgan fingerprint density at radius 1 is 1.00 bits per heavy atom. The van der Waals surface area contributed by atoms with Crippen molar-refractivity contribution in [3.8, 4) is 16.9 Å². The van der Waals surface area contributed by atoms with Crippen molar-refractivity contribution in [1.82, 2.24) is 9.97 Å². The Balaban J connectivity index is 2.35. The normalized spacial score (nSPS) is 10.6. The maximum absolute atomic E-state index is 5.37. The minimum atomic E-state index is 0.797. The number of fused-ring (bicyclic) bond motifs is 1. The predicted octanol–water partition coefficient (Wildman–Crippen LogP) is 3.61. The summed E-state index contributed by atoms with van der Waals surface area (Å²) in [7, 11) is 1.67. The third-order valence-electron chi connectivity index (χ3n) is 3.26. The number of rotatable bonds is 2. The molecular weight excluding hydrogens is 236 g/mol. The third-order valence-corrected chi connectivity index (χ3v) is 3.26. The SMILES string of the molecule is COc1ccc(-c2ccncc2C)c2cccnc12. The van der Waals surface area contributed by atoms with E-state index >= 15 is 0 Å². The largest absolute Gasteiger partial charge is 0.494 e. The van der Waals surface area contributed by atoms with E-state index in [1.54, 1.807) is 13.3 Å². The first-order chi connectivity index (χ1) is 9.31. The van der Waals surface area contributed by atoms with Gasteiger partial charge in [-0.1, -0.05) is 6.07 Å². The lowest BCUT2D eigenvalue weighted by Crippen LogP contribution is -1.91. The first-order valence-electron chi connectivity index (χ1n) is 6.14. The van der Waals surface area contributed by atoms with Crippen LogP contribution in [-0.2, 0) is 0 Å². The van der Waals surface area contributed by atoms with E-state index in [9.17, 15) is 0 Å². The molecule has 0 aliphatic carbocycles. The molecule has 3 heteroatoms. The zero-order valence-electron chi connectivity index (χ0n) is 10.9. The summed E-state index contributed by atoms with van der Waals surface area (Å²) in [5.74, 6) is 0.797. The van der Waals surface area contributed by atoms with Crippen molar-refractivity contribution in [2.45, 2.75) is 6.92 Å². The van der Waals surface area contributed by atoms with Crippen LogP contribution in [0.4, 0.5) is 0 Å². The Bertz CT molecular complexity index is 738. The molecule has 3 rings (SSSR count). The average molecular weight is 250 g/mol. The second kappa shape index (κ2) is 4.69. The molecule has 0 unspecified atom stereocenters. The quantitative estimate of drug-likeness (QED) is 0.696. The highest BCUT2D eigenvalue weighted by atomic mass is 16.5. The Kier molecular flexibility index (Phi) is 2.88. The van der Waals surface area contributed by atoms with Crippen molar-refractivity contribution in [3.05, 3.63) is 54.5 Å². The van der Waals surface area contributed by atoms with Crippen molar-refractivity contribution >= 4 is 10.9 Å². The Morgan fingerprint density at radius 3 is 2.68 bits per heavy atom. The van der Waals surface area contributed by atoms with Crippen LogP contribution in [0.2, 0.25) is 0 Å². The van der Waals surface area contributed by atoms with E-state index in [0.717, 1.165) is 27.8 Å². The second-order valence-corrected chi connectivity index (χ2v) is 4.41. The van der Waals surface area contributed by atoms with Gasteiger partial charge in [0.2, 0.25) is 0 Å². The summed E-state index contributed by atoms with van der Waals surface area (Å²) in [5.41, 5.74) is 4.37. The van der Waals surface area contributed by atoms with Crippen LogP contribution >= 0.6 is 0 Å². The molecule has 94 valence electrons. The summed E-state index contributed by atoms with van der Waals surface area (Å²) in [6, 6.07) is 10.1. The van der Waals surface area contributed by atoms with Crippen LogP contribution in [0.25, 0.3) is 22.0 Å². The third kappa shape index (κ3) is 1.93. The van der Waals surface area contributed by atoms with E-state index in [2.05, 4.69) is 29.0 Å². The molecule has 0 spiro atoms. The van der Waals surface area contributed by atoms with Crippen LogP contribution in [0.5, 0.6) is 5.75 Å². The van der Waals surface area contributed by atoms with Gasteiger partial charge in [0, 0.05) is 24.0 Å². The average Bonchev–Trinajstić information content (AvgIpc) is 2.47. The summed E-state index contributed by atoms with van der Waals surface area (Å²) in [5, 5.41) is 1.09. The summed E-state index contributed by atoms with van der Waals surface area (Å²) < 4.78 is 5.37. The minimum absolute atomic E-state index is 0.797. The minimum Gasteiger partial charge on any atom is -0.494 e. The summed E-state index contributed by atoms with van der Waals surface area (Å²) >= 11 is 0. The highest BCUT2D eigenvalue weighted by Crippen LogP contribution is 2.34. The van der Waals surface area contributed by atoms with Gasteiger partial charge >= 0.3 is 0 Å². The van der Waals surface area contributed by atoms with Crippen molar-refractivity contribution in [2.24, 2.45) is 0 Å². The molecule has 0 aliphatic rings. The standard InChI is InChI=1S/C16H14N2O/c1-11-10-17-9-7-12(11)13-5-6-15(19-2)16-14(13)4-3-8-18-16/h3-10H,1-2H3. The molecule has 0 aliphatic heterocycles. The number of hydrogen-bond donors (Lipinski definition) is 0. The van der Waals surface area contributed by atoms with Gasteiger partial charge in [-0.2, -0.15) is 0 Å². The summed E-state index contributed by atoms with van der Waals surface area (Å²) in [6.07, 6.45) is 5.48. The molecule has 0 fully saturated rings. The Hall–Kier alpha value is -2.42. The molecular formula is C16H14N2O. The maximum Gasteiger partial charge on any atom is 0.145 e. The number of ether oxygens (including phenoxy) is 1. The van der Waals surface area contributed by atoms with E-state index < -0.39 is 0 Å². The summed E-state index contributed by atoms with van der Waals surface area (Å²) in [6.45, 7) is 2.06. The lowest BCUT2D eigenvalue weighted by atomic mass is 9.98. The molecule has 0 saturated heterocycles. The van der Waals surface area contributed by atoms with Crippen LogP contribution in [0.1, 0.15) is 5.56 Å². The van der Waals surface area contributed by atoms with Gasteiger partial charge in [0.1, 0.15) is 11.3 Å². The molecule has 3 aromatic rings. The molecule has 0 bridgehead atoms. The highest BCUT2D eigenvalue weighted by molar-refractivity contribution is 5.98. The van der Waals surface area contributed by atoms with Crippen molar-refractivity contribution in [1.29, 1.82) is 0 Å². The van der Waals surface area contributed by atoms with Crippen LogP contribution in [0.3, 0.4) is 0 Å². The monoisotopic (exact) mass is 250 g/mol. The number of methoxy groups -OCH3 is 1. The van der Waals surface area contributed by atoms with Gasteiger partial charge in [-0.3, -0.25) is 9.97 Å². The summed E-state index contributed by atoms with van der Waals surface area (Å²) in [4.78, 5) is 8.57. The number of hydrogen-bond acceptors (Lipinski definition) is 3. The molecule has 0 radical (unpaired) electrons. The van der Waals surface area contributed by atoms with Gasteiger partial charge in [0.15, 0.2) is 0 Å². The van der Waals surface area contributed by atoms with Gasteiger partial charge in [0.25, 0.3) is 0 Å². The topological polar surface area (TPSA) is 35.0 Å². The zero-order chi connectivity index (χ0) is 13.2. The number of pyridine rings is 2.